The molecule has 3 heterocycles. The number of hydrogen-bond donors (Lipinski definition) is 1. The lowest BCUT2D eigenvalue weighted by molar-refractivity contribution is -0.146. The molecule has 3 aliphatic heterocycles. The van der Waals surface area contributed by atoms with Crippen molar-refractivity contribution < 1.29 is 19.4 Å². The highest BCUT2D eigenvalue weighted by Crippen LogP contribution is 2.52. The maximum atomic E-state index is 12.7. The van der Waals surface area contributed by atoms with E-state index >= 15 is 0 Å². The van der Waals surface area contributed by atoms with Gasteiger partial charge in [-0.05, 0) is 24.3 Å². The van der Waals surface area contributed by atoms with Crippen LogP contribution in [0.1, 0.15) is 0 Å². The van der Waals surface area contributed by atoms with E-state index in [1.807, 2.05) is 6.08 Å². The van der Waals surface area contributed by atoms with E-state index in [1.165, 1.54) is 0 Å². The van der Waals surface area contributed by atoms with Gasteiger partial charge in [-0.15, -0.1) is 0 Å². The molecule has 3 aliphatic rings. The summed E-state index contributed by atoms with van der Waals surface area (Å²) >= 11 is 5.86. The first kappa shape index (κ1) is 12.9. The fourth-order valence-electron chi connectivity index (χ4n) is 3.62. The number of rotatable bonds is 2. The Balaban J connectivity index is 1.73. The highest BCUT2D eigenvalue weighted by Gasteiger charge is 2.67. The lowest BCUT2D eigenvalue weighted by Crippen LogP contribution is -2.39. The lowest BCUT2D eigenvalue weighted by atomic mass is 9.77. The number of carboxylic acid groups (broad SMARTS) is 1. The quantitative estimate of drug-likeness (QED) is 0.845. The van der Waals surface area contributed by atoms with Crippen molar-refractivity contribution in [2.45, 2.75) is 11.7 Å². The minimum absolute atomic E-state index is 0.198. The molecule has 4 atom stereocenters. The number of aliphatic carboxylic acids is 1. The molecule has 6 heteroatoms. The Morgan fingerprint density at radius 2 is 2.10 bits per heavy atom. The first-order valence-electron chi connectivity index (χ1n) is 6.69. The highest BCUT2D eigenvalue weighted by atomic mass is 35.5. The zero-order valence-electron chi connectivity index (χ0n) is 10.9. The second-order valence-electron chi connectivity index (χ2n) is 5.64. The second-order valence-corrected chi connectivity index (χ2v) is 6.08. The van der Waals surface area contributed by atoms with Crippen LogP contribution in [0.25, 0.3) is 0 Å². The van der Waals surface area contributed by atoms with E-state index in [0.29, 0.717) is 17.3 Å². The van der Waals surface area contributed by atoms with Crippen LogP contribution < -0.4 is 4.90 Å². The number of ether oxygens (including phenoxy) is 1. The predicted molar refractivity (Wildman–Crippen MR) is 75.2 cm³/mol. The maximum absolute atomic E-state index is 12.7. The monoisotopic (exact) mass is 305 g/mol. The average molecular weight is 306 g/mol. The standard InChI is InChI=1S/C15H12ClNO4/c16-8-1-3-9(4-2-8)17-7-15-6-5-10(21-15)11(14(19)20)12(15)13(17)18/h1-6,10-12H,7H2,(H,19,20)/t10-,11+,12-,15+/m1/s1. The number of anilines is 1. The zero-order chi connectivity index (χ0) is 14.8. The van der Waals surface area contributed by atoms with E-state index in [0.717, 1.165) is 0 Å². The van der Waals surface area contributed by atoms with Gasteiger partial charge >= 0.3 is 5.97 Å². The molecule has 2 saturated heterocycles. The van der Waals surface area contributed by atoms with Gasteiger partial charge in [-0.3, -0.25) is 9.59 Å². The first-order chi connectivity index (χ1) is 10.0. The van der Waals surface area contributed by atoms with Crippen molar-refractivity contribution in [3.8, 4) is 0 Å². The number of hydrogen-bond acceptors (Lipinski definition) is 3. The van der Waals surface area contributed by atoms with Crippen LogP contribution in [0.2, 0.25) is 5.02 Å². The fraction of sp³-hybridized carbons (Fsp3) is 0.333. The zero-order valence-corrected chi connectivity index (χ0v) is 11.7. The fourth-order valence-corrected chi connectivity index (χ4v) is 3.75. The smallest absolute Gasteiger partial charge is 0.310 e. The van der Waals surface area contributed by atoms with Gasteiger partial charge in [0.2, 0.25) is 5.91 Å². The van der Waals surface area contributed by atoms with Gasteiger partial charge in [-0.25, -0.2) is 0 Å². The van der Waals surface area contributed by atoms with Crippen LogP contribution >= 0.6 is 11.6 Å². The van der Waals surface area contributed by atoms with E-state index in [4.69, 9.17) is 16.3 Å². The van der Waals surface area contributed by atoms with Crippen LogP contribution in [0.3, 0.4) is 0 Å². The highest BCUT2D eigenvalue weighted by molar-refractivity contribution is 6.30. The van der Waals surface area contributed by atoms with Gasteiger partial charge in [0.1, 0.15) is 11.5 Å². The summed E-state index contributed by atoms with van der Waals surface area (Å²) in [6.07, 6.45) is 3.10. The normalized spacial score (nSPS) is 36.3. The topological polar surface area (TPSA) is 66.8 Å². The van der Waals surface area contributed by atoms with Crippen LogP contribution in [0.4, 0.5) is 5.69 Å². The number of amides is 1. The van der Waals surface area contributed by atoms with Gasteiger partial charge in [0.05, 0.1) is 18.6 Å². The molecule has 0 aromatic heterocycles. The van der Waals surface area contributed by atoms with E-state index < -0.39 is 29.5 Å². The Bertz CT molecular complexity index is 671. The summed E-state index contributed by atoms with van der Waals surface area (Å²) in [6.45, 7) is 0.342. The van der Waals surface area contributed by atoms with Crippen LogP contribution in [0.5, 0.6) is 0 Å². The number of fused-ring (bicyclic) bond motifs is 1. The molecule has 4 rings (SSSR count). The molecule has 0 saturated carbocycles. The van der Waals surface area contributed by atoms with E-state index in [-0.39, 0.29) is 5.91 Å². The summed E-state index contributed by atoms with van der Waals surface area (Å²) < 4.78 is 5.82. The summed E-state index contributed by atoms with van der Waals surface area (Å²) in [5, 5.41) is 9.98. The molecule has 1 N–H and O–H groups in total. The van der Waals surface area contributed by atoms with Crippen LogP contribution in [0.15, 0.2) is 36.4 Å². The SMILES string of the molecule is O=C(O)[C@H]1[C@H]2C=C[C@@]3(CN(c4ccc(Cl)cc4)C(=O)[C@@H]13)O2. The number of nitrogens with zero attached hydrogens (tertiary/aromatic N) is 1. The van der Waals surface area contributed by atoms with Gasteiger partial charge in [0.15, 0.2) is 0 Å². The Hall–Kier alpha value is -1.85. The van der Waals surface area contributed by atoms with Crippen molar-refractivity contribution in [3.63, 3.8) is 0 Å². The number of benzene rings is 1. The number of carbonyl (C=O) groups is 2. The van der Waals surface area contributed by atoms with E-state index in [1.54, 1.807) is 35.2 Å². The van der Waals surface area contributed by atoms with Crippen LogP contribution in [-0.4, -0.2) is 35.2 Å². The average Bonchev–Trinajstić information content (AvgIpc) is 3.08. The number of halogens is 1. The molecule has 0 radical (unpaired) electrons. The molecule has 1 spiro atoms. The van der Waals surface area contributed by atoms with Gasteiger partial charge in [0, 0.05) is 10.7 Å². The first-order valence-corrected chi connectivity index (χ1v) is 7.07. The largest absolute Gasteiger partial charge is 0.481 e. The summed E-state index contributed by atoms with van der Waals surface area (Å²) in [7, 11) is 0. The van der Waals surface area contributed by atoms with Gasteiger partial charge in [0.25, 0.3) is 0 Å². The Kier molecular flexibility index (Phi) is 2.50. The summed E-state index contributed by atoms with van der Waals surface area (Å²) in [6, 6.07) is 6.92. The summed E-state index contributed by atoms with van der Waals surface area (Å²) in [5.41, 5.74) is -0.0949. The summed E-state index contributed by atoms with van der Waals surface area (Å²) in [5.74, 6) is -2.64. The molecule has 5 nitrogen and oxygen atoms in total. The molecule has 21 heavy (non-hydrogen) atoms. The molecular weight excluding hydrogens is 294 g/mol. The Morgan fingerprint density at radius 1 is 1.38 bits per heavy atom. The van der Waals surface area contributed by atoms with Gasteiger partial charge in [-0.1, -0.05) is 23.8 Å². The number of carbonyl (C=O) groups excluding carboxylic acids is 1. The number of carboxylic acids is 1. The predicted octanol–water partition coefficient (Wildman–Crippen LogP) is 1.71. The Morgan fingerprint density at radius 3 is 2.76 bits per heavy atom. The molecule has 0 unspecified atom stereocenters. The third-order valence-electron chi connectivity index (χ3n) is 4.52. The van der Waals surface area contributed by atoms with Crippen LogP contribution in [0, 0.1) is 11.8 Å². The maximum Gasteiger partial charge on any atom is 0.310 e. The molecule has 108 valence electrons. The van der Waals surface area contributed by atoms with Crippen molar-refractivity contribution >= 4 is 29.2 Å². The van der Waals surface area contributed by atoms with Gasteiger partial charge < -0.3 is 14.7 Å². The summed E-state index contributed by atoms with van der Waals surface area (Å²) in [4.78, 5) is 25.7. The van der Waals surface area contributed by atoms with E-state index in [9.17, 15) is 14.7 Å². The molecule has 2 bridgehead atoms. The van der Waals surface area contributed by atoms with Crippen LogP contribution in [-0.2, 0) is 14.3 Å². The third-order valence-corrected chi connectivity index (χ3v) is 4.78. The van der Waals surface area contributed by atoms with Gasteiger partial charge in [-0.2, -0.15) is 0 Å². The minimum Gasteiger partial charge on any atom is -0.481 e. The molecule has 0 aliphatic carbocycles. The lowest BCUT2D eigenvalue weighted by Gasteiger charge is -2.21. The second kappa shape index (κ2) is 4.08. The van der Waals surface area contributed by atoms with E-state index in [2.05, 4.69) is 0 Å². The van der Waals surface area contributed by atoms with Crippen molar-refractivity contribution in [1.29, 1.82) is 0 Å². The van der Waals surface area contributed by atoms with Crippen molar-refractivity contribution in [2.75, 3.05) is 11.4 Å². The Labute approximate surface area is 125 Å². The van der Waals surface area contributed by atoms with Crippen molar-refractivity contribution in [1.82, 2.24) is 0 Å². The molecule has 2 fully saturated rings. The van der Waals surface area contributed by atoms with Crippen molar-refractivity contribution in [2.24, 2.45) is 11.8 Å². The molecule has 1 aromatic rings. The van der Waals surface area contributed by atoms with Crippen molar-refractivity contribution in [3.05, 3.63) is 41.4 Å². The third kappa shape index (κ3) is 1.61. The minimum atomic E-state index is -0.984. The molecular formula is C15H12ClNO4. The molecule has 1 aromatic carbocycles. The molecule has 1 amide bonds.